The molecule has 0 bridgehead atoms. The molecule has 2 aromatic heterocycles. The lowest BCUT2D eigenvalue weighted by atomic mass is 10.1. The number of hydrogen-bond acceptors (Lipinski definition) is 6. The van der Waals surface area contributed by atoms with E-state index in [0.29, 0.717) is 22.3 Å². The van der Waals surface area contributed by atoms with Crippen molar-refractivity contribution in [3.05, 3.63) is 68.6 Å². The Hall–Kier alpha value is -3.28. The molecule has 2 heterocycles. The van der Waals surface area contributed by atoms with Crippen LogP contribution in [-0.2, 0) is 0 Å². The lowest BCUT2D eigenvalue weighted by Gasteiger charge is -2.03. The molecule has 0 spiro atoms. The smallest absolute Gasteiger partial charge is 0.336 e. The third kappa shape index (κ3) is 3.01. The Morgan fingerprint density at radius 2 is 1.96 bits per heavy atom. The maximum absolute atomic E-state index is 11.7. The highest BCUT2D eigenvalue weighted by Gasteiger charge is 2.05. The summed E-state index contributed by atoms with van der Waals surface area (Å²) in [5, 5.41) is 9.87. The molecule has 0 fully saturated rings. The predicted molar refractivity (Wildman–Crippen MR) is 84.6 cm³/mol. The number of benzene rings is 1. The van der Waals surface area contributed by atoms with Gasteiger partial charge in [0.1, 0.15) is 23.4 Å². The molecule has 0 aliphatic carbocycles. The van der Waals surface area contributed by atoms with Gasteiger partial charge in [-0.15, -0.1) is 0 Å². The van der Waals surface area contributed by atoms with Crippen molar-refractivity contribution >= 4 is 23.1 Å². The molecule has 0 atom stereocenters. The van der Waals surface area contributed by atoms with E-state index >= 15 is 0 Å². The van der Waals surface area contributed by atoms with E-state index < -0.39 is 16.8 Å². The second-order valence-corrected chi connectivity index (χ2v) is 4.75. The SMILES string of the molecule is COc1ccc2c(/C=C/c3cc(=O)c(O)co3)cc(=O)oc2c1. The molecule has 0 amide bonds. The molecule has 0 radical (unpaired) electrons. The average Bonchev–Trinajstić information content (AvgIpc) is 2.54. The van der Waals surface area contributed by atoms with E-state index in [1.165, 1.54) is 19.3 Å². The van der Waals surface area contributed by atoms with Gasteiger partial charge in [-0.3, -0.25) is 4.79 Å². The molecule has 23 heavy (non-hydrogen) atoms. The van der Waals surface area contributed by atoms with Crippen LogP contribution in [0.25, 0.3) is 23.1 Å². The number of rotatable bonds is 3. The van der Waals surface area contributed by atoms with E-state index in [9.17, 15) is 9.59 Å². The molecule has 1 aromatic carbocycles. The molecule has 0 aliphatic heterocycles. The lowest BCUT2D eigenvalue weighted by Crippen LogP contribution is -1.98. The Labute approximate surface area is 129 Å². The zero-order valence-corrected chi connectivity index (χ0v) is 12.1. The topological polar surface area (TPSA) is 89.9 Å². The number of hydrogen-bond donors (Lipinski definition) is 1. The normalized spacial score (nSPS) is 11.2. The van der Waals surface area contributed by atoms with Crippen LogP contribution < -0.4 is 15.8 Å². The van der Waals surface area contributed by atoms with E-state index in [1.807, 2.05) is 0 Å². The summed E-state index contributed by atoms with van der Waals surface area (Å²) in [7, 11) is 1.52. The van der Waals surface area contributed by atoms with Crippen LogP contribution in [0.2, 0.25) is 0 Å². The largest absolute Gasteiger partial charge is 0.502 e. The zero-order chi connectivity index (χ0) is 16.4. The number of methoxy groups -OCH3 is 1. The van der Waals surface area contributed by atoms with E-state index in [4.69, 9.17) is 18.7 Å². The Kier molecular flexibility index (Phi) is 3.72. The van der Waals surface area contributed by atoms with E-state index in [2.05, 4.69) is 0 Å². The summed E-state index contributed by atoms with van der Waals surface area (Å²) >= 11 is 0. The minimum atomic E-state index is -0.543. The van der Waals surface area contributed by atoms with Crippen molar-refractivity contribution in [3.63, 3.8) is 0 Å². The monoisotopic (exact) mass is 312 g/mol. The van der Waals surface area contributed by atoms with Crippen LogP contribution in [0.15, 0.2) is 55.0 Å². The molecule has 116 valence electrons. The molecule has 0 saturated heterocycles. The number of aromatic hydroxyl groups is 1. The Bertz CT molecular complexity index is 1010. The summed E-state index contributed by atoms with van der Waals surface area (Å²) in [5.41, 5.74) is -0.0473. The standard InChI is InChI=1S/C17H12O6/c1-21-11-4-5-13-10(6-17(20)23-16(13)8-11)2-3-12-7-14(18)15(19)9-22-12/h2-9,19H,1H3/b3-2+. The third-order valence-corrected chi connectivity index (χ3v) is 3.24. The average molecular weight is 312 g/mol. The van der Waals surface area contributed by atoms with Gasteiger partial charge in [0.15, 0.2) is 5.75 Å². The highest BCUT2D eigenvalue weighted by atomic mass is 16.5. The molecular weight excluding hydrogens is 300 g/mol. The summed E-state index contributed by atoms with van der Waals surface area (Å²) in [6.45, 7) is 0. The minimum Gasteiger partial charge on any atom is -0.502 e. The molecule has 3 aromatic rings. The molecule has 0 saturated carbocycles. The van der Waals surface area contributed by atoms with Crippen LogP contribution in [0.4, 0.5) is 0 Å². The van der Waals surface area contributed by atoms with Crippen molar-refractivity contribution in [2.45, 2.75) is 0 Å². The van der Waals surface area contributed by atoms with E-state index in [1.54, 1.807) is 24.3 Å². The Balaban J connectivity index is 2.08. The van der Waals surface area contributed by atoms with Gasteiger partial charge >= 0.3 is 5.63 Å². The van der Waals surface area contributed by atoms with Crippen LogP contribution in [0.1, 0.15) is 11.3 Å². The van der Waals surface area contributed by atoms with Crippen molar-refractivity contribution in [2.75, 3.05) is 7.11 Å². The van der Waals surface area contributed by atoms with Gasteiger partial charge in [-0.25, -0.2) is 4.79 Å². The van der Waals surface area contributed by atoms with Crippen LogP contribution >= 0.6 is 0 Å². The summed E-state index contributed by atoms with van der Waals surface area (Å²) in [6, 6.07) is 7.63. The molecule has 0 aliphatic rings. The summed E-state index contributed by atoms with van der Waals surface area (Å²) in [6.07, 6.45) is 4.12. The van der Waals surface area contributed by atoms with Gasteiger partial charge in [0, 0.05) is 23.6 Å². The van der Waals surface area contributed by atoms with Gasteiger partial charge in [-0.05, 0) is 23.8 Å². The predicted octanol–water partition coefficient (Wildman–Crippen LogP) is 2.63. The number of ether oxygens (including phenoxy) is 1. The van der Waals surface area contributed by atoms with Crippen molar-refractivity contribution in [1.82, 2.24) is 0 Å². The highest BCUT2D eigenvalue weighted by Crippen LogP contribution is 2.23. The van der Waals surface area contributed by atoms with Crippen LogP contribution in [0.3, 0.4) is 0 Å². The lowest BCUT2D eigenvalue weighted by molar-refractivity contribution is 0.414. The first-order valence-electron chi connectivity index (χ1n) is 6.68. The second kappa shape index (κ2) is 5.84. The van der Waals surface area contributed by atoms with Crippen molar-refractivity contribution in [1.29, 1.82) is 0 Å². The van der Waals surface area contributed by atoms with Crippen molar-refractivity contribution in [3.8, 4) is 11.5 Å². The Morgan fingerprint density at radius 3 is 2.70 bits per heavy atom. The van der Waals surface area contributed by atoms with E-state index in [-0.39, 0.29) is 5.76 Å². The van der Waals surface area contributed by atoms with Gasteiger partial charge in [0.2, 0.25) is 5.43 Å². The minimum absolute atomic E-state index is 0.253. The maximum atomic E-state index is 11.7. The fraction of sp³-hybridized carbons (Fsp3) is 0.0588. The van der Waals surface area contributed by atoms with Gasteiger partial charge in [-0.2, -0.15) is 0 Å². The van der Waals surface area contributed by atoms with Crippen molar-refractivity contribution in [2.24, 2.45) is 0 Å². The molecule has 6 nitrogen and oxygen atoms in total. The second-order valence-electron chi connectivity index (χ2n) is 4.75. The first kappa shape index (κ1) is 14.6. The van der Waals surface area contributed by atoms with Gasteiger partial charge in [0.05, 0.1) is 7.11 Å². The third-order valence-electron chi connectivity index (χ3n) is 3.24. The van der Waals surface area contributed by atoms with Crippen molar-refractivity contribution < 1.29 is 18.7 Å². The molecular formula is C17H12O6. The molecule has 0 unspecified atom stereocenters. The van der Waals surface area contributed by atoms with Crippen LogP contribution in [0, 0.1) is 0 Å². The molecule has 6 heteroatoms. The number of fused-ring (bicyclic) bond motifs is 1. The summed E-state index contributed by atoms with van der Waals surface area (Å²) < 4.78 is 15.3. The van der Waals surface area contributed by atoms with Gasteiger partial charge in [-0.1, -0.05) is 6.08 Å². The van der Waals surface area contributed by atoms with Gasteiger partial charge < -0.3 is 18.7 Å². The highest BCUT2D eigenvalue weighted by molar-refractivity contribution is 5.89. The Morgan fingerprint density at radius 1 is 1.13 bits per heavy atom. The molecule has 3 rings (SSSR count). The quantitative estimate of drug-likeness (QED) is 0.748. The zero-order valence-electron chi connectivity index (χ0n) is 12.1. The summed E-state index contributed by atoms with van der Waals surface area (Å²) in [5.74, 6) is 0.370. The maximum Gasteiger partial charge on any atom is 0.336 e. The van der Waals surface area contributed by atoms with Crippen LogP contribution in [0.5, 0.6) is 11.5 Å². The first-order valence-corrected chi connectivity index (χ1v) is 6.68. The first-order chi connectivity index (χ1) is 11.1. The fourth-order valence-corrected chi connectivity index (χ4v) is 2.11. The molecule has 1 N–H and O–H groups in total. The van der Waals surface area contributed by atoms with Gasteiger partial charge in [0.25, 0.3) is 0 Å². The summed E-state index contributed by atoms with van der Waals surface area (Å²) in [4.78, 5) is 23.0. The van der Waals surface area contributed by atoms with E-state index in [0.717, 1.165) is 12.3 Å². The van der Waals surface area contributed by atoms with Crippen LogP contribution in [-0.4, -0.2) is 12.2 Å². The fourth-order valence-electron chi connectivity index (χ4n) is 2.11.